The molecule has 3 nitrogen and oxygen atoms in total. The number of rotatable bonds is 3. The highest BCUT2D eigenvalue weighted by Crippen LogP contribution is 2.28. The summed E-state index contributed by atoms with van der Waals surface area (Å²) in [5.41, 5.74) is 1.81. The lowest BCUT2D eigenvalue weighted by Gasteiger charge is -2.09. The van der Waals surface area contributed by atoms with Crippen molar-refractivity contribution in [3.8, 4) is 23.1 Å². The molecule has 2 aromatic rings. The molecule has 1 heterocycles. The van der Waals surface area contributed by atoms with Crippen molar-refractivity contribution in [2.75, 3.05) is 7.11 Å². The first-order valence-electron chi connectivity index (χ1n) is 5.41. The second-order valence-corrected chi connectivity index (χ2v) is 3.70. The maximum Gasteiger partial charge on any atom is 0.145 e. The van der Waals surface area contributed by atoms with Gasteiger partial charge in [0.1, 0.15) is 17.3 Å². The number of hydrogen-bond donors (Lipinski definition) is 0. The molecule has 0 saturated carbocycles. The van der Waals surface area contributed by atoms with Crippen LogP contribution in [0.25, 0.3) is 11.3 Å². The van der Waals surface area contributed by atoms with Crippen LogP contribution >= 0.6 is 0 Å². The van der Waals surface area contributed by atoms with E-state index in [0.29, 0.717) is 22.7 Å². The molecule has 0 fully saturated rings. The lowest BCUT2D eigenvalue weighted by Crippen LogP contribution is -1.96. The van der Waals surface area contributed by atoms with Gasteiger partial charge in [0.05, 0.1) is 25.3 Å². The largest absolute Gasteiger partial charge is 0.494 e. The van der Waals surface area contributed by atoms with Crippen LogP contribution in [-0.4, -0.2) is 12.1 Å². The molecule has 0 spiro atoms. The first kappa shape index (κ1) is 12.1. The van der Waals surface area contributed by atoms with Gasteiger partial charge in [-0.15, -0.1) is 0 Å². The van der Waals surface area contributed by atoms with E-state index in [1.54, 1.807) is 24.3 Å². The Balaban J connectivity index is 2.53. The van der Waals surface area contributed by atoms with Gasteiger partial charge >= 0.3 is 0 Å². The van der Waals surface area contributed by atoms with Crippen molar-refractivity contribution >= 4 is 0 Å². The van der Waals surface area contributed by atoms with Gasteiger partial charge in [0.25, 0.3) is 0 Å². The van der Waals surface area contributed by atoms with E-state index in [-0.39, 0.29) is 12.2 Å². The monoisotopic (exact) mass is 242 g/mol. The van der Waals surface area contributed by atoms with E-state index in [4.69, 9.17) is 10.00 Å². The SMILES string of the molecule is COc1ccc(CC#N)nc1-c1cccc(F)c1. The number of nitrogens with zero attached hydrogens (tertiary/aromatic N) is 2. The molecule has 90 valence electrons. The van der Waals surface area contributed by atoms with E-state index >= 15 is 0 Å². The fraction of sp³-hybridized carbons (Fsp3) is 0.143. The number of hydrogen-bond acceptors (Lipinski definition) is 3. The molecular weight excluding hydrogens is 231 g/mol. The highest BCUT2D eigenvalue weighted by Gasteiger charge is 2.09. The van der Waals surface area contributed by atoms with Crippen LogP contribution in [0.1, 0.15) is 5.69 Å². The quantitative estimate of drug-likeness (QED) is 0.831. The molecule has 18 heavy (non-hydrogen) atoms. The van der Waals surface area contributed by atoms with Crippen LogP contribution in [0.5, 0.6) is 5.75 Å². The normalized spacial score (nSPS) is 9.83. The molecule has 1 aromatic heterocycles. The van der Waals surface area contributed by atoms with Crippen molar-refractivity contribution < 1.29 is 9.13 Å². The third kappa shape index (κ3) is 2.46. The third-order valence-corrected chi connectivity index (χ3v) is 2.49. The highest BCUT2D eigenvalue weighted by atomic mass is 19.1. The minimum Gasteiger partial charge on any atom is -0.494 e. The Morgan fingerprint density at radius 2 is 2.17 bits per heavy atom. The fourth-order valence-corrected chi connectivity index (χ4v) is 1.67. The summed E-state index contributed by atoms with van der Waals surface area (Å²) < 4.78 is 18.4. The molecule has 0 aliphatic rings. The number of nitriles is 1. The van der Waals surface area contributed by atoms with Gasteiger partial charge in [0.2, 0.25) is 0 Å². The molecule has 0 atom stereocenters. The minimum absolute atomic E-state index is 0.215. The zero-order valence-electron chi connectivity index (χ0n) is 9.85. The van der Waals surface area contributed by atoms with Crippen molar-refractivity contribution in [3.63, 3.8) is 0 Å². The second-order valence-electron chi connectivity index (χ2n) is 3.70. The Kier molecular flexibility index (Phi) is 3.54. The summed E-state index contributed by atoms with van der Waals surface area (Å²) in [7, 11) is 1.53. The van der Waals surface area contributed by atoms with Crippen LogP contribution in [0.3, 0.4) is 0 Å². The van der Waals surface area contributed by atoms with Gasteiger partial charge in [-0.3, -0.25) is 0 Å². The lowest BCUT2D eigenvalue weighted by molar-refractivity contribution is 0.414. The van der Waals surface area contributed by atoms with Gasteiger partial charge in [0, 0.05) is 5.56 Å². The van der Waals surface area contributed by atoms with Crippen molar-refractivity contribution in [2.24, 2.45) is 0 Å². The first-order chi connectivity index (χ1) is 8.74. The summed E-state index contributed by atoms with van der Waals surface area (Å²) in [4.78, 5) is 4.33. The van der Waals surface area contributed by atoms with Crippen LogP contribution < -0.4 is 4.74 Å². The smallest absolute Gasteiger partial charge is 0.145 e. The number of ether oxygens (including phenoxy) is 1. The Bertz CT molecular complexity index is 605. The molecule has 0 amide bonds. The van der Waals surface area contributed by atoms with E-state index < -0.39 is 0 Å². The van der Waals surface area contributed by atoms with Gasteiger partial charge in [-0.05, 0) is 24.3 Å². The van der Waals surface area contributed by atoms with E-state index in [0.717, 1.165) is 0 Å². The lowest BCUT2D eigenvalue weighted by atomic mass is 10.1. The van der Waals surface area contributed by atoms with Crippen LogP contribution in [0.4, 0.5) is 4.39 Å². The third-order valence-electron chi connectivity index (χ3n) is 2.49. The highest BCUT2D eigenvalue weighted by molar-refractivity contribution is 5.66. The number of methoxy groups -OCH3 is 1. The topological polar surface area (TPSA) is 45.9 Å². The van der Waals surface area contributed by atoms with Gasteiger partial charge in [-0.25, -0.2) is 9.37 Å². The summed E-state index contributed by atoms with van der Waals surface area (Å²) in [5, 5.41) is 8.67. The summed E-state index contributed by atoms with van der Waals surface area (Å²) >= 11 is 0. The summed E-state index contributed by atoms with van der Waals surface area (Å²) in [6.45, 7) is 0. The molecule has 0 aliphatic heterocycles. The maximum absolute atomic E-state index is 13.2. The summed E-state index contributed by atoms with van der Waals surface area (Å²) in [6.07, 6.45) is 0.215. The molecule has 4 heteroatoms. The summed E-state index contributed by atoms with van der Waals surface area (Å²) in [5.74, 6) is 0.226. The van der Waals surface area contributed by atoms with E-state index in [1.807, 2.05) is 6.07 Å². The number of benzene rings is 1. The second kappa shape index (κ2) is 5.28. The summed E-state index contributed by atoms with van der Waals surface area (Å²) in [6, 6.07) is 11.6. The van der Waals surface area contributed by atoms with Crippen molar-refractivity contribution in [1.29, 1.82) is 5.26 Å². The minimum atomic E-state index is -0.331. The molecule has 0 unspecified atom stereocenters. The van der Waals surface area contributed by atoms with Crippen molar-refractivity contribution in [2.45, 2.75) is 6.42 Å². The van der Waals surface area contributed by atoms with Crippen LogP contribution in [-0.2, 0) is 6.42 Å². The molecule has 1 aromatic carbocycles. The Morgan fingerprint density at radius 1 is 1.33 bits per heavy atom. The molecule has 0 N–H and O–H groups in total. The average Bonchev–Trinajstić information content (AvgIpc) is 2.39. The molecule has 2 rings (SSSR count). The van der Waals surface area contributed by atoms with Crippen LogP contribution in [0, 0.1) is 17.1 Å². The average molecular weight is 242 g/mol. The zero-order valence-corrected chi connectivity index (χ0v) is 9.85. The molecule has 0 aliphatic carbocycles. The van der Waals surface area contributed by atoms with Crippen molar-refractivity contribution in [3.05, 3.63) is 47.9 Å². The number of pyridine rings is 1. The molecule has 0 radical (unpaired) electrons. The van der Waals surface area contributed by atoms with E-state index in [1.165, 1.54) is 19.2 Å². The van der Waals surface area contributed by atoms with Crippen LogP contribution in [0.15, 0.2) is 36.4 Å². The Hall–Kier alpha value is -2.41. The number of aromatic nitrogens is 1. The van der Waals surface area contributed by atoms with Crippen LogP contribution in [0.2, 0.25) is 0 Å². The maximum atomic E-state index is 13.2. The zero-order chi connectivity index (χ0) is 13.0. The van der Waals surface area contributed by atoms with Gasteiger partial charge in [-0.2, -0.15) is 5.26 Å². The molecular formula is C14H11FN2O. The predicted molar refractivity (Wildman–Crippen MR) is 65.5 cm³/mol. The molecule has 0 bridgehead atoms. The van der Waals surface area contributed by atoms with E-state index in [9.17, 15) is 4.39 Å². The van der Waals surface area contributed by atoms with Gasteiger partial charge in [-0.1, -0.05) is 12.1 Å². The number of halogens is 1. The Morgan fingerprint density at radius 3 is 2.83 bits per heavy atom. The van der Waals surface area contributed by atoms with Gasteiger partial charge in [0.15, 0.2) is 0 Å². The first-order valence-corrected chi connectivity index (χ1v) is 5.41. The fourth-order valence-electron chi connectivity index (χ4n) is 1.67. The van der Waals surface area contributed by atoms with Crippen molar-refractivity contribution in [1.82, 2.24) is 4.98 Å². The van der Waals surface area contributed by atoms with E-state index in [2.05, 4.69) is 4.98 Å². The predicted octanol–water partition coefficient (Wildman–Crippen LogP) is 2.96. The van der Waals surface area contributed by atoms with Gasteiger partial charge < -0.3 is 4.74 Å². The Labute approximate surface area is 104 Å². The standard InChI is InChI=1S/C14H11FN2O/c1-18-13-6-5-12(7-8-16)17-14(13)10-3-2-4-11(15)9-10/h2-6,9H,7H2,1H3. The molecule has 0 saturated heterocycles.